The van der Waals surface area contributed by atoms with E-state index in [-0.39, 0.29) is 31.8 Å². The van der Waals surface area contributed by atoms with E-state index >= 15 is 0 Å². The second-order valence-electron chi connectivity index (χ2n) is 6.59. The van der Waals surface area contributed by atoms with E-state index in [2.05, 4.69) is 5.32 Å². The lowest BCUT2D eigenvalue weighted by molar-refractivity contribution is -0.160. The minimum atomic E-state index is -3.10. The standard InChI is InChI=1S/C13H20F2N2O3/c1-11(2,3)20-10(19)17-5-4-12(13(14,15)8-17)6-9(18)16-7-12/h4-8H2,1-3H3,(H,16,18). The van der Waals surface area contributed by atoms with Crippen LogP contribution in [0, 0.1) is 5.41 Å². The van der Waals surface area contributed by atoms with Gasteiger partial charge < -0.3 is 15.0 Å². The number of alkyl halides is 2. The third-order valence-corrected chi connectivity index (χ3v) is 3.80. The summed E-state index contributed by atoms with van der Waals surface area (Å²) >= 11 is 0. The Bertz CT molecular complexity index is 434. The molecule has 7 heteroatoms. The SMILES string of the molecule is CC(C)(C)OC(=O)N1CCC2(CNC(=O)C2)C(F)(F)C1. The molecule has 0 aromatic carbocycles. The number of nitrogens with one attached hydrogen (secondary N) is 1. The van der Waals surface area contributed by atoms with Crippen molar-refractivity contribution in [3.63, 3.8) is 0 Å². The molecule has 2 fully saturated rings. The summed E-state index contributed by atoms with van der Waals surface area (Å²) in [6.45, 7) is 4.52. The predicted octanol–water partition coefficient (Wildman–Crippen LogP) is 1.77. The largest absolute Gasteiger partial charge is 0.444 e. The topological polar surface area (TPSA) is 58.6 Å². The second-order valence-corrected chi connectivity index (χ2v) is 6.59. The van der Waals surface area contributed by atoms with Crippen LogP contribution in [0.3, 0.4) is 0 Å². The number of hydrogen-bond acceptors (Lipinski definition) is 3. The maximum absolute atomic E-state index is 14.3. The summed E-state index contributed by atoms with van der Waals surface area (Å²) in [5.74, 6) is -3.45. The summed E-state index contributed by atoms with van der Waals surface area (Å²) in [6, 6.07) is 0. The molecule has 0 saturated carbocycles. The molecule has 1 atom stereocenters. The van der Waals surface area contributed by atoms with Crippen LogP contribution in [0.4, 0.5) is 13.6 Å². The molecule has 0 aliphatic carbocycles. The highest BCUT2D eigenvalue weighted by Crippen LogP contribution is 2.48. The van der Waals surface area contributed by atoms with Gasteiger partial charge >= 0.3 is 6.09 Å². The lowest BCUT2D eigenvalue weighted by Gasteiger charge is -2.44. The van der Waals surface area contributed by atoms with Crippen LogP contribution in [0.2, 0.25) is 0 Å². The van der Waals surface area contributed by atoms with Crippen LogP contribution in [0.1, 0.15) is 33.6 Å². The number of likely N-dealkylation sites (tertiary alicyclic amines) is 1. The van der Waals surface area contributed by atoms with Crippen LogP contribution < -0.4 is 5.32 Å². The average molecular weight is 290 g/mol. The van der Waals surface area contributed by atoms with Gasteiger partial charge in [0.2, 0.25) is 5.91 Å². The molecular weight excluding hydrogens is 270 g/mol. The summed E-state index contributed by atoms with van der Waals surface area (Å²) in [7, 11) is 0. The molecule has 0 aromatic rings. The lowest BCUT2D eigenvalue weighted by Crippen LogP contribution is -2.58. The fourth-order valence-corrected chi connectivity index (χ4v) is 2.64. The van der Waals surface area contributed by atoms with Gasteiger partial charge in [0.05, 0.1) is 12.0 Å². The molecular formula is C13H20F2N2O3. The van der Waals surface area contributed by atoms with E-state index in [9.17, 15) is 18.4 Å². The highest BCUT2D eigenvalue weighted by atomic mass is 19.3. The maximum atomic E-state index is 14.3. The van der Waals surface area contributed by atoms with Gasteiger partial charge in [0.1, 0.15) is 5.60 Å². The van der Waals surface area contributed by atoms with E-state index < -0.39 is 29.6 Å². The van der Waals surface area contributed by atoms with Gasteiger partial charge in [-0.2, -0.15) is 0 Å². The number of carbonyl (C=O) groups excluding carboxylic acids is 2. The van der Waals surface area contributed by atoms with Gasteiger partial charge in [-0.05, 0) is 27.2 Å². The van der Waals surface area contributed by atoms with Crippen LogP contribution in [0.5, 0.6) is 0 Å². The molecule has 2 amide bonds. The molecule has 2 aliphatic heterocycles. The Morgan fingerprint density at radius 2 is 2.05 bits per heavy atom. The molecule has 5 nitrogen and oxygen atoms in total. The normalized spacial score (nSPS) is 29.4. The minimum absolute atomic E-state index is 0.0268. The molecule has 1 N–H and O–H groups in total. The summed E-state index contributed by atoms with van der Waals surface area (Å²) in [4.78, 5) is 24.1. The molecule has 114 valence electrons. The van der Waals surface area contributed by atoms with Crippen molar-refractivity contribution in [3.05, 3.63) is 0 Å². The first-order chi connectivity index (χ1) is 9.05. The van der Waals surface area contributed by atoms with E-state index in [1.807, 2.05) is 0 Å². The molecule has 0 radical (unpaired) electrons. The molecule has 2 aliphatic rings. The van der Waals surface area contributed by atoms with Gasteiger partial charge in [0, 0.05) is 19.5 Å². The number of nitrogens with zero attached hydrogens (tertiary/aromatic N) is 1. The summed E-state index contributed by atoms with van der Waals surface area (Å²) in [5.41, 5.74) is -2.07. The number of ether oxygens (including phenoxy) is 1. The average Bonchev–Trinajstić information content (AvgIpc) is 2.64. The number of rotatable bonds is 0. The molecule has 1 unspecified atom stereocenters. The van der Waals surface area contributed by atoms with Crippen LogP contribution in [0.25, 0.3) is 0 Å². The smallest absolute Gasteiger partial charge is 0.410 e. The fourth-order valence-electron chi connectivity index (χ4n) is 2.64. The first-order valence-electron chi connectivity index (χ1n) is 6.67. The van der Waals surface area contributed by atoms with E-state index in [1.54, 1.807) is 20.8 Å². The fraction of sp³-hybridized carbons (Fsp3) is 0.846. The van der Waals surface area contributed by atoms with Gasteiger partial charge in [-0.15, -0.1) is 0 Å². The Labute approximate surface area is 116 Å². The molecule has 0 bridgehead atoms. The van der Waals surface area contributed by atoms with Crippen LogP contribution in [-0.4, -0.2) is 48.1 Å². The Balaban J connectivity index is 2.07. The van der Waals surface area contributed by atoms with E-state index in [1.165, 1.54) is 0 Å². The quantitative estimate of drug-likeness (QED) is 0.739. The molecule has 1 spiro atoms. The monoisotopic (exact) mass is 290 g/mol. The zero-order valence-corrected chi connectivity index (χ0v) is 12.0. The number of halogens is 2. The van der Waals surface area contributed by atoms with Gasteiger partial charge in [0.25, 0.3) is 5.92 Å². The summed E-state index contributed by atoms with van der Waals surface area (Å²) in [5, 5.41) is 2.46. The van der Waals surface area contributed by atoms with E-state index in [0.717, 1.165) is 4.90 Å². The third kappa shape index (κ3) is 2.71. The lowest BCUT2D eigenvalue weighted by atomic mass is 9.74. The van der Waals surface area contributed by atoms with Gasteiger partial charge in [0.15, 0.2) is 0 Å². The van der Waals surface area contributed by atoms with Crippen LogP contribution >= 0.6 is 0 Å². The van der Waals surface area contributed by atoms with E-state index in [0.29, 0.717) is 0 Å². The van der Waals surface area contributed by atoms with Gasteiger partial charge in [-0.1, -0.05) is 0 Å². The van der Waals surface area contributed by atoms with Crippen LogP contribution in [0.15, 0.2) is 0 Å². The number of carbonyl (C=O) groups is 2. The third-order valence-electron chi connectivity index (χ3n) is 3.80. The molecule has 2 saturated heterocycles. The van der Waals surface area contributed by atoms with Crippen molar-refractivity contribution in [3.8, 4) is 0 Å². The first kappa shape index (κ1) is 15.0. The van der Waals surface area contributed by atoms with Crippen molar-refractivity contribution in [2.45, 2.75) is 45.1 Å². The Morgan fingerprint density at radius 1 is 1.40 bits per heavy atom. The number of hydrogen-bond donors (Lipinski definition) is 1. The van der Waals surface area contributed by atoms with Crippen molar-refractivity contribution in [2.24, 2.45) is 5.41 Å². The Morgan fingerprint density at radius 3 is 2.50 bits per heavy atom. The van der Waals surface area contributed by atoms with Crippen molar-refractivity contribution in [2.75, 3.05) is 19.6 Å². The van der Waals surface area contributed by atoms with Crippen molar-refractivity contribution >= 4 is 12.0 Å². The Hall–Kier alpha value is -1.40. The summed E-state index contributed by atoms with van der Waals surface area (Å²) in [6.07, 6.45) is -0.815. The zero-order chi connectivity index (χ0) is 15.2. The minimum Gasteiger partial charge on any atom is -0.444 e. The molecule has 20 heavy (non-hydrogen) atoms. The summed E-state index contributed by atoms with van der Waals surface area (Å²) < 4.78 is 33.8. The van der Waals surface area contributed by atoms with Gasteiger partial charge in [-0.25, -0.2) is 13.6 Å². The molecule has 2 rings (SSSR count). The van der Waals surface area contributed by atoms with Crippen molar-refractivity contribution < 1.29 is 23.1 Å². The maximum Gasteiger partial charge on any atom is 0.410 e. The second kappa shape index (κ2) is 4.56. The molecule has 0 aromatic heterocycles. The van der Waals surface area contributed by atoms with Crippen molar-refractivity contribution in [1.82, 2.24) is 10.2 Å². The Kier molecular flexibility index (Phi) is 3.42. The highest BCUT2D eigenvalue weighted by molar-refractivity contribution is 5.79. The number of amides is 2. The highest BCUT2D eigenvalue weighted by Gasteiger charge is 2.60. The molecule has 2 heterocycles. The van der Waals surface area contributed by atoms with Crippen LogP contribution in [-0.2, 0) is 9.53 Å². The first-order valence-corrected chi connectivity index (χ1v) is 6.67. The zero-order valence-electron chi connectivity index (χ0n) is 12.0. The predicted molar refractivity (Wildman–Crippen MR) is 67.4 cm³/mol. The van der Waals surface area contributed by atoms with Gasteiger partial charge in [-0.3, -0.25) is 4.79 Å². The number of piperidine rings is 1. The van der Waals surface area contributed by atoms with E-state index in [4.69, 9.17) is 4.74 Å². The van der Waals surface area contributed by atoms with Crippen molar-refractivity contribution in [1.29, 1.82) is 0 Å².